The van der Waals surface area contributed by atoms with Gasteiger partial charge in [-0.05, 0) is 36.9 Å². The molecule has 2 aliphatic rings. The van der Waals surface area contributed by atoms with E-state index in [-0.39, 0.29) is 12.0 Å². The molecule has 1 fully saturated rings. The second-order valence-corrected chi connectivity index (χ2v) is 8.08. The molecular weight excluding hydrogens is 371 g/mol. The highest BCUT2D eigenvalue weighted by molar-refractivity contribution is 6.62. The van der Waals surface area contributed by atoms with Crippen molar-refractivity contribution in [2.75, 3.05) is 13.2 Å². The molecule has 150 valence electrons. The first kappa shape index (κ1) is 19.6. The number of aromatic nitrogens is 2. The van der Waals surface area contributed by atoms with E-state index in [1.54, 1.807) is 10.9 Å². The number of carbonyl (C=O) groups is 1. The highest BCUT2D eigenvalue weighted by Crippen LogP contribution is 2.31. The van der Waals surface area contributed by atoms with Crippen molar-refractivity contribution in [3.8, 4) is 6.07 Å². The molecule has 1 amide bonds. The molecule has 0 radical (unpaired) electrons. The van der Waals surface area contributed by atoms with Crippen LogP contribution in [0.5, 0.6) is 0 Å². The molecule has 1 aromatic carbocycles. The van der Waals surface area contributed by atoms with Gasteiger partial charge < -0.3 is 20.1 Å². The summed E-state index contributed by atoms with van der Waals surface area (Å²) >= 11 is 0. The Morgan fingerprint density at radius 3 is 3.03 bits per heavy atom. The quantitative estimate of drug-likeness (QED) is 0.733. The van der Waals surface area contributed by atoms with E-state index in [0.717, 1.165) is 16.6 Å². The standard InChI is InChI=1S/C20H23BN4O4/c1-20(2)15-4-3-12(7-16(15)21(27)29-20)8-17-14(19(23)26)10-25(24-17)18-11-28-6-5-13(18)9-22/h3-4,7,10,13,18,27H,5-6,8,11H2,1-2H3,(H2,23,26)/t13-,18?/m1/s1. The van der Waals surface area contributed by atoms with Gasteiger partial charge in [0.2, 0.25) is 0 Å². The molecule has 1 unspecified atom stereocenters. The molecule has 3 heterocycles. The van der Waals surface area contributed by atoms with E-state index in [0.29, 0.717) is 37.3 Å². The summed E-state index contributed by atoms with van der Waals surface area (Å²) in [4.78, 5) is 12.0. The van der Waals surface area contributed by atoms with Crippen LogP contribution in [0.15, 0.2) is 24.4 Å². The highest BCUT2D eigenvalue weighted by Gasteiger charge is 2.40. The number of fused-ring (bicyclic) bond motifs is 1. The van der Waals surface area contributed by atoms with E-state index in [9.17, 15) is 15.1 Å². The van der Waals surface area contributed by atoms with E-state index in [2.05, 4.69) is 11.2 Å². The van der Waals surface area contributed by atoms with Gasteiger partial charge >= 0.3 is 7.12 Å². The third-order valence-corrected chi connectivity index (χ3v) is 5.71. The molecule has 1 aromatic heterocycles. The predicted octanol–water partition coefficient (Wildman–Crippen LogP) is 0.627. The first-order valence-corrected chi connectivity index (χ1v) is 9.64. The van der Waals surface area contributed by atoms with E-state index in [1.807, 2.05) is 32.0 Å². The number of rotatable bonds is 4. The van der Waals surface area contributed by atoms with E-state index < -0.39 is 18.6 Å². The second-order valence-electron chi connectivity index (χ2n) is 8.08. The molecule has 8 nitrogen and oxygen atoms in total. The zero-order chi connectivity index (χ0) is 20.8. The third-order valence-electron chi connectivity index (χ3n) is 5.71. The molecule has 0 aliphatic carbocycles. The highest BCUT2D eigenvalue weighted by atomic mass is 16.5. The maximum atomic E-state index is 12.0. The van der Waals surface area contributed by atoms with Gasteiger partial charge in [0.05, 0.1) is 41.5 Å². The van der Waals surface area contributed by atoms with Crippen LogP contribution in [0.3, 0.4) is 0 Å². The van der Waals surface area contributed by atoms with Gasteiger partial charge in [-0.3, -0.25) is 9.48 Å². The molecule has 0 saturated carbocycles. The summed E-state index contributed by atoms with van der Waals surface area (Å²) in [6.07, 6.45) is 2.60. The number of primary amides is 1. The topological polar surface area (TPSA) is 123 Å². The van der Waals surface area contributed by atoms with Crippen molar-refractivity contribution in [2.45, 2.75) is 38.3 Å². The number of nitrogens with zero attached hydrogens (tertiary/aromatic N) is 3. The normalized spacial score (nSPS) is 22.9. The van der Waals surface area contributed by atoms with Crippen LogP contribution in [0.1, 0.15) is 53.5 Å². The number of nitrogens with two attached hydrogens (primary N) is 1. The Morgan fingerprint density at radius 1 is 1.52 bits per heavy atom. The van der Waals surface area contributed by atoms with E-state index >= 15 is 0 Å². The van der Waals surface area contributed by atoms with Crippen LogP contribution in [0.2, 0.25) is 0 Å². The number of nitriles is 1. The molecule has 0 bridgehead atoms. The summed E-state index contributed by atoms with van der Waals surface area (Å²) in [6, 6.07) is 7.80. The van der Waals surface area contributed by atoms with Crippen molar-refractivity contribution in [2.24, 2.45) is 11.7 Å². The first-order chi connectivity index (χ1) is 13.8. The number of hydrogen-bond acceptors (Lipinski definition) is 6. The molecule has 2 aromatic rings. The lowest BCUT2D eigenvalue weighted by Gasteiger charge is -2.27. The van der Waals surface area contributed by atoms with Crippen LogP contribution in [-0.4, -0.2) is 41.0 Å². The minimum Gasteiger partial charge on any atom is -0.423 e. The van der Waals surface area contributed by atoms with Gasteiger partial charge in [-0.15, -0.1) is 0 Å². The second kappa shape index (κ2) is 7.30. The largest absolute Gasteiger partial charge is 0.492 e. The van der Waals surface area contributed by atoms with Gasteiger partial charge in [0.25, 0.3) is 5.91 Å². The summed E-state index contributed by atoms with van der Waals surface area (Å²) in [7, 11) is -0.983. The average Bonchev–Trinajstić information content (AvgIpc) is 3.20. The Hall–Kier alpha value is -2.67. The Labute approximate surface area is 169 Å². The van der Waals surface area contributed by atoms with Gasteiger partial charge in [-0.1, -0.05) is 18.2 Å². The third kappa shape index (κ3) is 3.55. The van der Waals surface area contributed by atoms with Crippen LogP contribution in [0.4, 0.5) is 0 Å². The number of hydrogen-bond donors (Lipinski definition) is 2. The van der Waals surface area contributed by atoms with E-state index in [4.69, 9.17) is 15.1 Å². The van der Waals surface area contributed by atoms with Crippen molar-refractivity contribution in [1.29, 1.82) is 5.26 Å². The number of carbonyl (C=O) groups excluding carboxylic acids is 1. The van der Waals surface area contributed by atoms with Crippen molar-refractivity contribution in [3.63, 3.8) is 0 Å². The summed E-state index contributed by atoms with van der Waals surface area (Å²) in [5, 5.41) is 24.2. The fraction of sp³-hybridized carbons (Fsp3) is 0.450. The Bertz CT molecular complexity index is 997. The Morgan fingerprint density at radius 2 is 2.31 bits per heavy atom. The molecule has 2 aliphatic heterocycles. The summed E-state index contributed by atoms with van der Waals surface area (Å²) < 4.78 is 12.8. The summed E-state index contributed by atoms with van der Waals surface area (Å²) in [5.74, 6) is -0.797. The van der Waals surface area contributed by atoms with Crippen LogP contribution in [0, 0.1) is 17.2 Å². The maximum absolute atomic E-state index is 12.0. The molecule has 1 saturated heterocycles. The molecule has 2 atom stereocenters. The smallest absolute Gasteiger partial charge is 0.423 e. The molecule has 0 spiro atoms. The van der Waals surface area contributed by atoms with Crippen LogP contribution >= 0.6 is 0 Å². The monoisotopic (exact) mass is 394 g/mol. The minimum absolute atomic E-state index is 0.230. The average molecular weight is 394 g/mol. The van der Waals surface area contributed by atoms with Gasteiger partial charge in [0, 0.05) is 19.2 Å². The molecule has 4 rings (SSSR count). The summed E-state index contributed by atoms with van der Waals surface area (Å²) in [6.45, 7) is 4.73. The van der Waals surface area contributed by atoms with Crippen molar-refractivity contribution < 1.29 is 19.2 Å². The minimum atomic E-state index is -0.983. The number of amides is 1. The Kier molecular flexibility index (Phi) is 4.94. The van der Waals surface area contributed by atoms with Crippen LogP contribution < -0.4 is 11.2 Å². The molecule has 3 N–H and O–H groups in total. The predicted molar refractivity (Wildman–Crippen MR) is 105 cm³/mol. The van der Waals surface area contributed by atoms with E-state index in [1.165, 1.54) is 0 Å². The fourth-order valence-corrected chi connectivity index (χ4v) is 4.14. The van der Waals surface area contributed by atoms with Gasteiger partial charge in [0.15, 0.2) is 0 Å². The SMILES string of the molecule is CC1(C)OB(O)c2cc(Cc3nn(C4COCC[C@@H]4C#N)cc3C(N)=O)ccc21. The van der Waals surface area contributed by atoms with Gasteiger partial charge in [-0.2, -0.15) is 10.4 Å². The molecular formula is C20H23BN4O4. The number of ether oxygens (including phenoxy) is 1. The van der Waals surface area contributed by atoms with Crippen molar-refractivity contribution in [3.05, 3.63) is 46.8 Å². The van der Waals surface area contributed by atoms with Crippen LogP contribution in [-0.2, 0) is 21.4 Å². The zero-order valence-corrected chi connectivity index (χ0v) is 16.5. The fourth-order valence-electron chi connectivity index (χ4n) is 4.14. The lowest BCUT2D eigenvalue weighted by Crippen LogP contribution is -2.30. The Balaban J connectivity index is 1.66. The van der Waals surface area contributed by atoms with Crippen LogP contribution in [0.25, 0.3) is 0 Å². The first-order valence-electron chi connectivity index (χ1n) is 9.64. The zero-order valence-electron chi connectivity index (χ0n) is 16.5. The van der Waals surface area contributed by atoms with Crippen molar-refractivity contribution in [1.82, 2.24) is 9.78 Å². The maximum Gasteiger partial charge on any atom is 0.492 e. The lowest BCUT2D eigenvalue weighted by atomic mass is 9.77. The van der Waals surface area contributed by atoms with Crippen molar-refractivity contribution >= 4 is 18.5 Å². The molecule has 29 heavy (non-hydrogen) atoms. The lowest BCUT2D eigenvalue weighted by molar-refractivity contribution is 0.0339. The van der Waals surface area contributed by atoms with Gasteiger partial charge in [0.1, 0.15) is 0 Å². The van der Waals surface area contributed by atoms with Gasteiger partial charge in [-0.25, -0.2) is 0 Å². The molecule has 9 heteroatoms. The summed E-state index contributed by atoms with van der Waals surface area (Å²) in [5.41, 5.74) is 8.42. The number of benzene rings is 1.